The molecule has 0 amide bonds. The van der Waals surface area contributed by atoms with Gasteiger partial charge >= 0.3 is 0 Å². The minimum atomic E-state index is -0.303. The summed E-state index contributed by atoms with van der Waals surface area (Å²) < 4.78 is 57.8. The van der Waals surface area contributed by atoms with E-state index >= 15 is 0 Å². The zero-order valence-electron chi connectivity index (χ0n) is 43.0. The second-order valence-electron chi connectivity index (χ2n) is 12.5. The molecule has 0 aliphatic rings. The zero-order chi connectivity index (χ0) is 53.8. The Bertz CT molecular complexity index is 2890. The van der Waals surface area contributed by atoms with Crippen molar-refractivity contribution in [1.29, 1.82) is 0 Å². The number of hydrogen-bond acceptors (Lipinski definition) is 6. The molecule has 12 aromatic rings. The second kappa shape index (κ2) is 37.7. The summed E-state index contributed by atoms with van der Waals surface area (Å²) in [6, 6.07) is 43.6. The first-order chi connectivity index (χ1) is 35.2. The molecule has 6 aromatic heterocycles. The molecule has 0 bridgehead atoms. The lowest BCUT2D eigenvalue weighted by Gasteiger charge is -1.88. The van der Waals surface area contributed by atoms with Gasteiger partial charge in [-0.2, -0.15) is 0 Å². The molecule has 0 aliphatic carbocycles. The van der Waals surface area contributed by atoms with Gasteiger partial charge in [0.25, 0.3) is 0 Å². The summed E-state index contributed by atoms with van der Waals surface area (Å²) in [5.41, 5.74) is 4.56. The molecule has 6 nitrogen and oxygen atoms in total. The van der Waals surface area contributed by atoms with Crippen LogP contribution in [0.2, 0.25) is 10.0 Å². The first-order valence-electron chi connectivity index (χ1n) is 24.0. The van der Waals surface area contributed by atoms with E-state index in [1.54, 1.807) is 55.6 Å². The van der Waals surface area contributed by atoms with Crippen LogP contribution in [0.1, 0.15) is 83.1 Å². The molecule has 12 rings (SSSR count). The van der Waals surface area contributed by atoms with Gasteiger partial charge in [0.1, 0.15) is 28.1 Å². The highest BCUT2D eigenvalue weighted by atomic mass is 79.9. The monoisotopic (exact) mass is 1150 g/mol. The molecule has 0 N–H and O–H groups in total. The molecule has 6 heterocycles. The van der Waals surface area contributed by atoms with Crippen LogP contribution in [-0.4, -0.2) is 0 Å². The van der Waals surface area contributed by atoms with E-state index in [0.717, 1.165) is 74.2 Å². The van der Waals surface area contributed by atoms with Gasteiger partial charge in [0, 0.05) is 41.8 Å². The number of hydrogen-bond donors (Lipinski definition) is 0. The summed E-state index contributed by atoms with van der Waals surface area (Å²) >= 11 is 18.3. The van der Waals surface area contributed by atoms with Gasteiger partial charge in [0.2, 0.25) is 0 Å². The molecular weight excluding hydrogens is 1090 g/mol. The fourth-order valence-electron chi connectivity index (χ4n) is 5.68. The molecular formula is C60H66Br2Cl2F2O6. The van der Waals surface area contributed by atoms with Gasteiger partial charge in [-0.3, -0.25) is 0 Å². The fraction of sp³-hybridized carbons (Fsp3) is 0.200. The summed E-state index contributed by atoms with van der Waals surface area (Å²) in [7, 11) is 0. The van der Waals surface area contributed by atoms with Crippen LogP contribution < -0.4 is 0 Å². The number of halogens is 6. The van der Waals surface area contributed by atoms with Crippen LogP contribution in [-0.2, 0) is 0 Å². The molecule has 0 fully saturated rings. The van der Waals surface area contributed by atoms with Crippen molar-refractivity contribution in [1.82, 2.24) is 0 Å². The quantitative estimate of drug-likeness (QED) is 0.151. The van der Waals surface area contributed by atoms with Gasteiger partial charge in [-0.1, -0.05) is 159 Å². The van der Waals surface area contributed by atoms with Crippen LogP contribution in [0, 0.1) is 11.6 Å². The number of fused-ring (bicyclic) bond motifs is 6. The van der Waals surface area contributed by atoms with Gasteiger partial charge in [0.05, 0.1) is 47.1 Å². The SMILES string of the molecule is Brc1ccc2occc2c1.Brc1cccc2ccoc12.CC.CC.CC.CC.CC.CC.Clc1ccc2occc2c1.Clc1cccc2ccoc12.Fc1ccc2occc2c1.Fc1cccc2ccoc12. The summed E-state index contributed by atoms with van der Waals surface area (Å²) in [5.74, 6) is -0.531. The summed E-state index contributed by atoms with van der Waals surface area (Å²) in [6.07, 6.45) is 9.70. The minimum absolute atomic E-state index is 0.228. The summed E-state index contributed by atoms with van der Waals surface area (Å²) in [4.78, 5) is 0. The van der Waals surface area contributed by atoms with E-state index < -0.39 is 0 Å². The van der Waals surface area contributed by atoms with Gasteiger partial charge in [-0.25, -0.2) is 8.78 Å². The largest absolute Gasteiger partial charge is 0.464 e. The van der Waals surface area contributed by atoms with Gasteiger partial charge in [-0.15, -0.1) is 0 Å². The van der Waals surface area contributed by atoms with Crippen LogP contribution >= 0.6 is 55.1 Å². The van der Waals surface area contributed by atoms with E-state index in [-0.39, 0.29) is 11.6 Å². The van der Waals surface area contributed by atoms with E-state index in [0.29, 0.717) is 10.6 Å². The fourth-order valence-corrected chi connectivity index (χ4v) is 6.94. The minimum Gasteiger partial charge on any atom is -0.464 e. The van der Waals surface area contributed by atoms with Crippen LogP contribution in [0.25, 0.3) is 65.8 Å². The summed E-state index contributed by atoms with van der Waals surface area (Å²) in [5, 5.41) is 7.39. The molecule has 0 unspecified atom stereocenters. The van der Waals surface area contributed by atoms with Crippen molar-refractivity contribution in [2.24, 2.45) is 0 Å². The molecule has 0 saturated carbocycles. The van der Waals surface area contributed by atoms with Crippen molar-refractivity contribution in [3.8, 4) is 0 Å². The third-order valence-electron chi connectivity index (χ3n) is 8.54. The second-order valence-corrected chi connectivity index (χ2v) is 15.2. The van der Waals surface area contributed by atoms with E-state index in [4.69, 9.17) is 49.7 Å². The molecule has 6 aromatic carbocycles. The van der Waals surface area contributed by atoms with E-state index in [1.165, 1.54) is 24.5 Å². The standard InChI is InChI=1S/2C8H5BrO.2C8H5ClO.2C8H5FO.6C2H6/c9-7-1-2-8-6(5-7)3-4-10-8;9-7-3-1-2-6-4-5-10-8(6)7;9-7-1-2-8-6(5-7)3-4-10-8;9-7-3-1-2-6-4-5-10-8(6)7;9-7-1-2-8-6(5-7)3-4-10-8;9-7-3-1-2-6-4-5-10-8(6)7;6*1-2/h6*1-5H;6*1-2H3. The zero-order valence-corrected chi connectivity index (χ0v) is 47.7. The topological polar surface area (TPSA) is 78.8 Å². The Balaban J connectivity index is 0.000000414. The lowest BCUT2D eigenvalue weighted by molar-refractivity contribution is 0.560. The predicted molar refractivity (Wildman–Crippen MR) is 311 cm³/mol. The molecule has 384 valence electrons. The van der Waals surface area contributed by atoms with Crippen molar-refractivity contribution in [2.45, 2.75) is 83.1 Å². The van der Waals surface area contributed by atoms with Crippen LogP contribution in [0.5, 0.6) is 0 Å². The first-order valence-corrected chi connectivity index (χ1v) is 26.3. The average Bonchev–Trinajstić information content (AvgIpc) is 4.30. The molecule has 0 spiro atoms. The molecule has 12 heteroatoms. The Morgan fingerprint density at radius 3 is 1.25 bits per heavy atom. The molecule has 0 saturated heterocycles. The Labute approximate surface area is 450 Å². The average molecular weight is 1150 g/mol. The summed E-state index contributed by atoms with van der Waals surface area (Å²) in [6.45, 7) is 24.0. The van der Waals surface area contributed by atoms with Crippen LogP contribution in [0.15, 0.2) is 219 Å². The molecule has 0 atom stereocenters. The third-order valence-corrected chi connectivity index (χ3v) is 10.2. The predicted octanol–water partition coefficient (Wildman–Crippen LogP) is 23.9. The molecule has 0 radical (unpaired) electrons. The Morgan fingerprint density at radius 1 is 0.347 bits per heavy atom. The van der Waals surface area contributed by atoms with Crippen LogP contribution in [0.4, 0.5) is 8.78 Å². The van der Waals surface area contributed by atoms with Crippen molar-refractivity contribution in [2.75, 3.05) is 0 Å². The van der Waals surface area contributed by atoms with E-state index in [9.17, 15) is 8.78 Å². The normalized spacial score (nSPS) is 9.25. The van der Waals surface area contributed by atoms with Crippen LogP contribution in [0.3, 0.4) is 0 Å². The molecule has 72 heavy (non-hydrogen) atoms. The number of rotatable bonds is 0. The van der Waals surface area contributed by atoms with Crippen molar-refractivity contribution in [3.63, 3.8) is 0 Å². The number of para-hydroxylation sites is 3. The highest BCUT2D eigenvalue weighted by molar-refractivity contribution is 9.11. The lowest BCUT2D eigenvalue weighted by atomic mass is 10.2. The highest BCUT2D eigenvalue weighted by Gasteiger charge is 2.02. The lowest BCUT2D eigenvalue weighted by Crippen LogP contribution is -1.70. The van der Waals surface area contributed by atoms with Crippen molar-refractivity contribution >= 4 is 121 Å². The van der Waals surface area contributed by atoms with Crippen molar-refractivity contribution < 1.29 is 35.3 Å². The molecule has 0 aliphatic heterocycles. The third kappa shape index (κ3) is 20.6. The van der Waals surface area contributed by atoms with Gasteiger partial charge in [-0.05, 0) is 125 Å². The highest BCUT2D eigenvalue weighted by Crippen LogP contribution is 2.25. The Morgan fingerprint density at radius 2 is 0.736 bits per heavy atom. The smallest absolute Gasteiger partial charge is 0.169 e. The Kier molecular flexibility index (Phi) is 33.5. The maximum Gasteiger partial charge on any atom is 0.169 e. The number of furan rings is 6. The maximum absolute atomic E-state index is 12.7. The first kappa shape index (κ1) is 64.0. The Hall–Kier alpha value is -6.04. The maximum atomic E-state index is 12.7. The van der Waals surface area contributed by atoms with Crippen molar-refractivity contribution in [3.05, 3.63) is 214 Å². The van der Waals surface area contributed by atoms with Gasteiger partial charge < -0.3 is 26.5 Å². The van der Waals surface area contributed by atoms with E-state index in [2.05, 4.69) is 31.9 Å². The van der Waals surface area contributed by atoms with Gasteiger partial charge in [0.15, 0.2) is 17.0 Å². The van der Waals surface area contributed by atoms with E-state index in [1.807, 2.05) is 186 Å². The number of benzene rings is 6.